The molecule has 214 valence electrons. The number of benzene rings is 5. The monoisotopic (exact) mass is 596 g/mol. The molecule has 0 atom stereocenters. The molecule has 0 N–H and O–H groups in total. The molecule has 0 saturated carbocycles. The lowest BCUT2D eigenvalue weighted by atomic mass is 9.83. The van der Waals surface area contributed by atoms with Crippen LogP contribution < -0.4 is 0 Å². The zero-order valence-electron chi connectivity index (χ0n) is 24.4. The summed E-state index contributed by atoms with van der Waals surface area (Å²) < 4.78 is 0. The summed E-state index contributed by atoms with van der Waals surface area (Å²) in [5.41, 5.74) is 6.69. The fourth-order valence-electron chi connectivity index (χ4n) is 6.20. The van der Waals surface area contributed by atoms with Crippen LogP contribution in [0.3, 0.4) is 0 Å². The average molecular weight is 597 g/mol. The molecule has 2 aliphatic heterocycles. The van der Waals surface area contributed by atoms with E-state index in [-0.39, 0.29) is 0 Å². The summed E-state index contributed by atoms with van der Waals surface area (Å²) in [5.74, 6) is 0. The number of hydrogen-bond acceptors (Lipinski definition) is 5. The van der Waals surface area contributed by atoms with Crippen LogP contribution in [-0.2, 0) is 11.3 Å². The largest absolute Gasteiger partial charge is 0.243 e. The summed E-state index contributed by atoms with van der Waals surface area (Å²) in [6.07, 6.45) is 0. The van der Waals surface area contributed by atoms with Gasteiger partial charge in [0.05, 0.1) is 22.8 Å². The third-order valence-corrected chi connectivity index (χ3v) is 9.00. The molecule has 0 aliphatic carbocycles. The van der Waals surface area contributed by atoms with E-state index in [9.17, 15) is 0 Å². The molecular weight excluding hydrogens is 569 g/mol. The summed E-state index contributed by atoms with van der Waals surface area (Å²) in [7, 11) is 0. The molecule has 3 heterocycles. The van der Waals surface area contributed by atoms with E-state index in [2.05, 4.69) is 77.5 Å². The van der Waals surface area contributed by atoms with Crippen molar-refractivity contribution in [3.8, 4) is 0 Å². The van der Waals surface area contributed by atoms with Gasteiger partial charge < -0.3 is 0 Å². The predicted octanol–water partition coefficient (Wildman–Crippen LogP) is 8.74. The first-order valence-corrected chi connectivity index (χ1v) is 15.9. The third kappa shape index (κ3) is 4.52. The Labute approximate surface area is 266 Å². The second-order valence-corrected chi connectivity index (χ2v) is 11.8. The molecule has 0 radical (unpaired) electrons. The van der Waals surface area contributed by atoms with Crippen molar-refractivity contribution in [3.63, 3.8) is 0 Å². The van der Waals surface area contributed by atoms with Crippen molar-refractivity contribution in [1.29, 1.82) is 0 Å². The van der Waals surface area contributed by atoms with Crippen LogP contribution in [-0.4, -0.2) is 22.8 Å². The van der Waals surface area contributed by atoms with Crippen molar-refractivity contribution >= 4 is 34.2 Å². The maximum Gasteiger partial charge on any atom is 0.227 e. The quantitative estimate of drug-likeness (QED) is 0.177. The summed E-state index contributed by atoms with van der Waals surface area (Å²) in [6.45, 7) is 0. The van der Waals surface area contributed by atoms with Crippen LogP contribution in [0.15, 0.2) is 188 Å². The Bertz CT molecular complexity index is 1950. The maximum atomic E-state index is 5.69. The van der Waals surface area contributed by atoms with Crippen LogP contribution in [0, 0.1) is 0 Å². The smallest absolute Gasteiger partial charge is 0.227 e. The Morgan fingerprint density at radius 1 is 0.333 bits per heavy atom. The fraction of sp³-hybridized carbons (Fsp3) is 0.0500. The number of thiophene rings is 1. The van der Waals surface area contributed by atoms with Crippen LogP contribution in [0.25, 0.3) is 0 Å². The van der Waals surface area contributed by atoms with Crippen LogP contribution in [0.1, 0.15) is 33.4 Å². The normalized spacial score (nSPS) is 16.4. The lowest BCUT2D eigenvalue weighted by Crippen LogP contribution is -2.42. The molecule has 6 aromatic rings. The van der Waals surface area contributed by atoms with Crippen molar-refractivity contribution in [3.05, 3.63) is 202 Å². The molecule has 0 bridgehead atoms. The number of hydrogen-bond donors (Lipinski definition) is 0. The van der Waals surface area contributed by atoms with Gasteiger partial charge in [0.15, 0.2) is 0 Å². The molecule has 5 heteroatoms. The zero-order valence-corrected chi connectivity index (χ0v) is 25.2. The van der Waals surface area contributed by atoms with Gasteiger partial charge >= 0.3 is 0 Å². The van der Waals surface area contributed by atoms with Gasteiger partial charge in [-0.2, -0.15) is 11.3 Å². The van der Waals surface area contributed by atoms with Gasteiger partial charge in [-0.1, -0.05) is 152 Å². The van der Waals surface area contributed by atoms with E-state index in [4.69, 9.17) is 20.0 Å². The van der Waals surface area contributed by atoms with Gasteiger partial charge in [-0.15, -0.1) is 0 Å². The Morgan fingerprint density at radius 2 is 0.644 bits per heavy atom. The molecule has 8 rings (SSSR count). The van der Waals surface area contributed by atoms with Crippen molar-refractivity contribution < 1.29 is 0 Å². The topological polar surface area (TPSA) is 49.4 Å². The Kier molecular flexibility index (Phi) is 6.73. The standard InChI is InChI=1S/C40H28N4S/c1-6-16-29(17-7-1)35-36(30-18-8-2-9-19-30)42-39(41-35,33-24-14-5-15-25-33)40(34-26-27-45-28-34)43-37(31-20-10-3-11-21-31)38(44-40)32-22-12-4-13-23-32/h1-28H. The van der Waals surface area contributed by atoms with E-state index in [0.29, 0.717) is 0 Å². The molecule has 0 spiro atoms. The van der Waals surface area contributed by atoms with Gasteiger partial charge in [0, 0.05) is 33.4 Å². The molecule has 0 unspecified atom stereocenters. The summed E-state index contributed by atoms with van der Waals surface area (Å²) in [6, 6.07) is 53.7. The molecule has 4 nitrogen and oxygen atoms in total. The van der Waals surface area contributed by atoms with E-state index in [0.717, 1.165) is 56.2 Å². The maximum absolute atomic E-state index is 5.69. The first-order valence-electron chi connectivity index (χ1n) is 15.0. The molecule has 5 aromatic carbocycles. The average Bonchev–Trinajstić information content (AvgIpc) is 3.90. The molecule has 45 heavy (non-hydrogen) atoms. The fourth-order valence-corrected chi connectivity index (χ4v) is 6.90. The van der Waals surface area contributed by atoms with E-state index < -0.39 is 11.3 Å². The van der Waals surface area contributed by atoms with Gasteiger partial charge in [-0.05, 0) is 16.8 Å². The lowest BCUT2D eigenvalue weighted by molar-refractivity contribution is 0.257. The zero-order chi connectivity index (χ0) is 30.1. The van der Waals surface area contributed by atoms with E-state index >= 15 is 0 Å². The van der Waals surface area contributed by atoms with Gasteiger partial charge in [-0.25, -0.2) is 20.0 Å². The van der Waals surface area contributed by atoms with Gasteiger partial charge in [0.2, 0.25) is 11.3 Å². The second-order valence-electron chi connectivity index (χ2n) is 11.0. The second kappa shape index (κ2) is 11.2. The summed E-state index contributed by atoms with van der Waals surface area (Å²) in [5, 5.41) is 4.23. The highest BCUT2D eigenvalue weighted by atomic mass is 32.1. The number of nitrogens with zero attached hydrogens (tertiary/aromatic N) is 4. The van der Waals surface area contributed by atoms with E-state index in [1.54, 1.807) is 11.3 Å². The van der Waals surface area contributed by atoms with Crippen molar-refractivity contribution in [2.24, 2.45) is 20.0 Å². The van der Waals surface area contributed by atoms with Crippen molar-refractivity contribution in [1.82, 2.24) is 0 Å². The minimum absolute atomic E-state index is 0.820. The lowest BCUT2D eigenvalue weighted by Gasteiger charge is -2.37. The molecule has 0 amide bonds. The van der Waals surface area contributed by atoms with Gasteiger partial charge in [-0.3, -0.25) is 0 Å². The first-order chi connectivity index (χ1) is 22.3. The van der Waals surface area contributed by atoms with Crippen LogP contribution in [0.5, 0.6) is 0 Å². The van der Waals surface area contributed by atoms with Crippen molar-refractivity contribution in [2.75, 3.05) is 0 Å². The van der Waals surface area contributed by atoms with E-state index in [1.807, 2.05) is 91.0 Å². The minimum atomic E-state index is -1.23. The van der Waals surface area contributed by atoms with Crippen LogP contribution >= 0.6 is 11.3 Å². The minimum Gasteiger partial charge on any atom is -0.243 e. The SMILES string of the molecule is c1ccc(C2=NC(c3ccccc3)(C3(c4ccsc4)N=C(c4ccccc4)C(c4ccccc4)=N3)N=C2c2ccccc2)cc1. The Hall–Kier alpha value is -5.52. The molecule has 1 aromatic heterocycles. The van der Waals surface area contributed by atoms with Crippen LogP contribution in [0.2, 0.25) is 0 Å². The molecule has 0 fully saturated rings. The predicted molar refractivity (Wildman–Crippen MR) is 186 cm³/mol. The van der Waals surface area contributed by atoms with Gasteiger partial charge in [0.25, 0.3) is 0 Å². The Morgan fingerprint density at radius 3 is 0.956 bits per heavy atom. The van der Waals surface area contributed by atoms with Gasteiger partial charge in [0.1, 0.15) is 0 Å². The summed E-state index contributed by atoms with van der Waals surface area (Å²) in [4.78, 5) is 22.7. The highest BCUT2D eigenvalue weighted by molar-refractivity contribution is 7.08. The third-order valence-electron chi connectivity index (χ3n) is 8.32. The first kappa shape index (κ1) is 27.1. The highest BCUT2D eigenvalue weighted by Crippen LogP contribution is 2.54. The van der Waals surface area contributed by atoms with Crippen molar-refractivity contribution in [2.45, 2.75) is 11.3 Å². The number of rotatable bonds is 7. The highest BCUT2D eigenvalue weighted by Gasteiger charge is 2.60. The van der Waals surface area contributed by atoms with Crippen LogP contribution in [0.4, 0.5) is 0 Å². The summed E-state index contributed by atoms with van der Waals surface area (Å²) >= 11 is 1.63. The molecule has 0 saturated heterocycles. The molecular formula is C40H28N4S. The van der Waals surface area contributed by atoms with E-state index in [1.165, 1.54) is 0 Å². The Balaban J connectivity index is 1.51. The molecule has 2 aliphatic rings. The number of aliphatic imine (C=N–C) groups is 4.